The van der Waals surface area contributed by atoms with Gasteiger partial charge in [-0.2, -0.15) is 0 Å². The quantitative estimate of drug-likeness (QED) is 0.762. The third-order valence-corrected chi connectivity index (χ3v) is 9.16. The van der Waals surface area contributed by atoms with Gasteiger partial charge in [0.25, 0.3) is 0 Å². The van der Waals surface area contributed by atoms with Gasteiger partial charge in [-0.3, -0.25) is 4.79 Å². The number of nitrogens with zero attached hydrogens (tertiary/aromatic N) is 1. The van der Waals surface area contributed by atoms with E-state index in [0.29, 0.717) is 18.5 Å². The number of carbonyl (C=O) groups is 2. The van der Waals surface area contributed by atoms with Gasteiger partial charge < -0.3 is 4.74 Å². The van der Waals surface area contributed by atoms with Crippen LogP contribution in [0.2, 0.25) is 18.6 Å². The SMILES string of the molecule is CC(C)(C)OC(=O)N1CCC[C@H]([Si](C)(C)c2ccccc2)CC1=O. The minimum absolute atomic E-state index is 0.0942. The van der Waals surface area contributed by atoms with Crippen molar-refractivity contribution in [3.63, 3.8) is 0 Å². The summed E-state index contributed by atoms with van der Waals surface area (Å²) >= 11 is 0. The molecule has 1 aliphatic rings. The van der Waals surface area contributed by atoms with Crippen LogP contribution in [0.25, 0.3) is 0 Å². The van der Waals surface area contributed by atoms with Crippen LogP contribution in [0.3, 0.4) is 0 Å². The Balaban J connectivity index is 2.13. The Morgan fingerprint density at radius 3 is 2.42 bits per heavy atom. The zero-order chi connectivity index (χ0) is 18.0. The Labute approximate surface area is 146 Å². The van der Waals surface area contributed by atoms with Gasteiger partial charge in [-0.15, -0.1) is 0 Å². The molecular weight excluding hydrogens is 318 g/mol. The van der Waals surface area contributed by atoms with Gasteiger partial charge in [0.15, 0.2) is 0 Å². The van der Waals surface area contributed by atoms with Crippen molar-refractivity contribution in [1.29, 1.82) is 0 Å². The zero-order valence-corrected chi connectivity index (χ0v) is 16.5. The third-order valence-electron chi connectivity index (χ3n) is 4.81. The lowest BCUT2D eigenvalue weighted by Gasteiger charge is -2.32. The fourth-order valence-electron chi connectivity index (χ4n) is 3.27. The molecule has 0 bridgehead atoms. The number of rotatable bonds is 2. The molecule has 0 radical (unpaired) electrons. The highest BCUT2D eigenvalue weighted by atomic mass is 28.3. The van der Waals surface area contributed by atoms with Crippen LogP contribution in [0.15, 0.2) is 30.3 Å². The first-order valence-corrected chi connectivity index (χ1v) is 11.8. The first-order valence-electron chi connectivity index (χ1n) is 8.70. The van der Waals surface area contributed by atoms with Crippen molar-refractivity contribution in [1.82, 2.24) is 4.90 Å². The molecule has 2 amide bonds. The number of imide groups is 1. The lowest BCUT2D eigenvalue weighted by atomic mass is 10.2. The van der Waals surface area contributed by atoms with Gasteiger partial charge in [-0.25, -0.2) is 9.69 Å². The molecule has 0 unspecified atom stereocenters. The van der Waals surface area contributed by atoms with Crippen molar-refractivity contribution in [2.75, 3.05) is 6.54 Å². The van der Waals surface area contributed by atoms with Gasteiger partial charge in [0.1, 0.15) is 5.60 Å². The van der Waals surface area contributed by atoms with E-state index in [1.165, 1.54) is 10.1 Å². The highest BCUT2D eigenvalue weighted by Gasteiger charge is 2.39. The summed E-state index contributed by atoms with van der Waals surface area (Å²) < 4.78 is 5.39. The van der Waals surface area contributed by atoms with Crippen LogP contribution < -0.4 is 5.19 Å². The predicted molar refractivity (Wildman–Crippen MR) is 99.1 cm³/mol. The highest BCUT2D eigenvalue weighted by molar-refractivity contribution is 6.91. The monoisotopic (exact) mass is 347 g/mol. The Morgan fingerprint density at radius 1 is 1.21 bits per heavy atom. The van der Waals surface area contributed by atoms with E-state index in [0.717, 1.165) is 12.8 Å². The van der Waals surface area contributed by atoms with Crippen LogP contribution in [0.4, 0.5) is 4.79 Å². The Morgan fingerprint density at radius 2 is 1.83 bits per heavy atom. The molecule has 1 fully saturated rings. The fraction of sp³-hybridized carbons (Fsp3) is 0.579. The molecule has 1 saturated heterocycles. The van der Waals surface area contributed by atoms with Crippen LogP contribution in [-0.4, -0.2) is 37.1 Å². The van der Waals surface area contributed by atoms with Crippen LogP contribution in [0.5, 0.6) is 0 Å². The van der Waals surface area contributed by atoms with Gasteiger partial charge in [0, 0.05) is 13.0 Å². The molecule has 1 atom stereocenters. The van der Waals surface area contributed by atoms with Crippen LogP contribution in [-0.2, 0) is 9.53 Å². The number of benzene rings is 1. The van der Waals surface area contributed by atoms with Gasteiger partial charge in [-0.05, 0) is 32.7 Å². The molecule has 24 heavy (non-hydrogen) atoms. The smallest absolute Gasteiger partial charge is 0.417 e. The number of hydrogen-bond donors (Lipinski definition) is 0. The summed E-state index contributed by atoms with van der Waals surface area (Å²) in [7, 11) is -1.76. The maximum absolute atomic E-state index is 12.7. The van der Waals surface area contributed by atoms with E-state index in [9.17, 15) is 9.59 Å². The van der Waals surface area contributed by atoms with Gasteiger partial charge in [0.05, 0.1) is 8.07 Å². The molecule has 0 aliphatic carbocycles. The first-order chi connectivity index (χ1) is 11.1. The highest BCUT2D eigenvalue weighted by Crippen LogP contribution is 2.33. The summed E-state index contributed by atoms with van der Waals surface area (Å²) in [4.78, 5) is 26.3. The second-order valence-electron chi connectivity index (χ2n) is 8.16. The van der Waals surface area contributed by atoms with Gasteiger partial charge in [-0.1, -0.05) is 55.0 Å². The summed E-state index contributed by atoms with van der Waals surface area (Å²) in [5, 5.41) is 1.37. The maximum Gasteiger partial charge on any atom is 0.417 e. The molecule has 5 heteroatoms. The largest absolute Gasteiger partial charge is 0.443 e. The second kappa shape index (κ2) is 7.09. The summed E-state index contributed by atoms with van der Waals surface area (Å²) in [6, 6.07) is 10.5. The number of ether oxygens (including phenoxy) is 1. The van der Waals surface area contributed by atoms with E-state index >= 15 is 0 Å². The number of likely N-dealkylation sites (tertiary alicyclic amines) is 1. The van der Waals surface area contributed by atoms with Crippen molar-refractivity contribution in [2.24, 2.45) is 0 Å². The zero-order valence-electron chi connectivity index (χ0n) is 15.5. The van der Waals surface area contributed by atoms with E-state index in [1.54, 1.807) is 0 Å². The number of hydrogen-bond acceptors (Lipinski definition) is 3. The molecule has 1 aliphatic heterocycles. The molecule has 0 aromatic heterocycles. The minimum Gasteiger partial charge on any atom is -0.443 e. The van der Waals surface area contributed by atoms with Gasteiger partial charge >= 0.3 is 6.09 Å². The standard InChI is InChI=1S/C19H29NO3Si/c1-19(2,3)23-18(22)20-13-9-12-16(14-17(20)21)24(4,5)15-10-7-6-8-11-15/h6-8,10-11,16H,9,12-14H2,1-5H3/t16-/m0/s1. The number of amides is 2. The summed E-state index contributed by atoms with van der Waals surface area (Å²) in [6.07, 6.45) is 1.76. The minimum atomic E-state index is -1.76. The predicted octanol–water partition coefficient (Wildman–Crippen LogP) is 3.92. The van der Waals surface area contributed by atoms with Crippen molar-refractivity contribution in [3.05, 3.63) is 30.3 Å². The summed E-state index contributed by atoms with van der Waals surface area (Å²) in [5.74, 6) is -0.0942. The molecular formula is C19H29NO3Si. The molecule has 4 nitrogen and oxygen atoms in total. The molecule has 1 heterocycles. The van der Waals surface area contributed by atoms with Gasteiger partial charge in [0.2, 0.25) is 5.91 Å². The van der Waals surface area contributed by atoms with E-state index in [2.05, 4.69) is 37.4 Å². The molecule has 0 saturated carbocycles. The normalized spacial score (nSPS) is 19.8. The van der Waals surface area contributed by atoms with Crippen LogP contribution >= 0.6 is 0 Å². The summed E-state index contributed by atoms with van der Waals surface area (Å²) in [6.45, 7) is 10.6. The van der Waals surface area contributed by atoms with Crippen molar-refractivity contribution >= 4 is 25.3 Å². The fourth-order valence-corrected chi connectivity index (χ4v) is 6.41. The maximum atomic E-state index is 12.7. The Hall–Kier alpha value is -1.62. The van der Waals surface area contributed by atoms with Crippen molar-refractivity contribution in [2.45, 2.75) is 64.3 Å². The molecule has 2 rings (SSSR count). The summed E-state index contributed by atoms with van der Waals surface area (Å²) in [5.41, 5.74) is -0.235. The van der Waals surface area contributed by atoms with Crippen molar-refractivity contribution in [3.8, 4) is 0 Å². The molecule has 1 aromatic rings. The first kappa shape index (κ1) is 18.7. The van der Waals surface area contributed by atoms with E-state index in [4.69, 9.17) is 4.74 Å². The molecule has 132 valence electrons. The Bertz CT molecular complexity index is 592. The van der Waals surface area contributed by atoms with E-state index in [-0.39, 0.29) is 5.91 Å². The van der Waals surface area contributed by atoms with E-state index < -0.39 is 19.8 Å². The van der Waals surface area contributed by atoms with Crippen molar-refractivity contribution < 1.29 is 14.3 Å². The Kier molecular flexibility index (Phi) is 5.53. The molecule has 1 aromatic carbocycles. The average Bonchev–Trinajstić information content (AvgIpc) is 2.68. The van der Waals surface area contributed by atoms with E-state index in [1.807, 2.05) is 26.8 Å². The third kappa shape index (κ3) is 4.47. The topological polar surface area (TPSA) is 46.6 Å². The second-order valence-corrected chi connectivity index (χ2v) is 13.0. The van der Waals surface area contributed by atoms with Crippen LogP contribution in [0.1, 0.15) is 40.0 Å². The molecule has 0 spiro atoms. The lowest BCUT2D eigenvalue weighted by Crippen LogP contribution is -2.47. The average molecular weight is 348 g/mol. The molecule has 0 N–H and O–H groups in total. The lowest BCUT2D eigenvalue weighted by molar-refractivity contribution is -0.129. The number of carbonyl (C=O) groups excluding carboxylic acids is 2. The van der Waals surface area contributed by atoms with Crippen LogP contribution in [0, 0.1) is 0 Å².